The maximum atomic E-state index is 13.5. The Hall–Kier alpha value is -0.940. The van der Waals surface area contributed by atoms with Crippen LogP contribution in [0.4, 0.5) is 4.39 Å². The SMILES string of the molecule is Fc1cc2[nH]c(C3CC4CCC3N4)nc2cc1Br. The number of aromatic nitrogens is 2. The first-order valence-corrected chi connectivity index (χ1v) is 7.11. The van der Waals surface area contributed by atoms with Crippen molar-refractivity contribution in [2.45, 2.75) is 37.3 Å². The molecule has 2 saturated heterocycles. The van der Waals surface area contributed by atoms with Gasteiger partial charge in [-0.25, -0.2) is 9.37 Å². The first kappa shape index (κ1) is 10.9. The van der Waals surface area contributed by atoms with Crippen LogP contribution in [0.15, 0.2) is 16.6 Å². The fourth-order valence-corrected chi connectivity index (χ4v) is 3.66. The molecular weight excluding hydrogens is 297 g/mol. The number of nitrogens with one attached hydrogen (secondary N) is 2. The Labute approximate surface area is 112 Å². The highest BCUT2D eigenvalue weighted by Crippen LogP contribution is 2.39. The molecule has 3 nitrogen and oxygen atoms in total. The molecule has 2 N–H and O–H groups in total. The first-order chi connectivity index (χ1) is 8.70. The van der Waals surface area contributed by atoms with Gasteiger partial charge in [0.15, 0.2) is 0 Å². The number of H-pyrrole nitrogens is 1. The van der Waals surface area contributed by atoms with Gasteiger partial charge in [-0.15, -0.1) is 0 Å². The van der Waals surface area contributed by atoms with Crippen molar-refractivity contribution in [3.63, 3.8) is 0 Å². The van der Waals surface area contributed by atoms with Crippen molar-refractivity contribution in [3.8, 4) is 0 Å². The summed E-state index contributed by atoms with van der Waals surface area (Å²) < 4.78 is 13.9. The molecule has 2 aliphatic heterocycles. The maximum absolute atomic E-state index is 13.5. The number of nitrogens with zero attached hydrogens (tertiary/aromatic N) is 1. The average Bonchev–Trinajstić information content (AvgIpc) is 3.02. The number of aromatic amines is 1. The van der Waals surface area contributed by atoms with E-state index >= 15 is 0 Å². The smallest absolute Gasteiger partial charge is 0.139 e. The van der Waals surface area contributed by atoms with E-state index in [1.165, 1.54) is 18.9 Å². The van der Waals surface area contributed by atoms with Gasteiger partial charge in [-0.2, -0.15) is 0 Å². The quantitative estimate of drug-likeness (QED) is 0.850. The van der Waals surface area contributed by atoms with Crippen LogP contribution in [0.5, 0.6) is 0 Å². The van der Waals surface area contributed by atoms with Gasteiger partial charge >= 0.3 is 0 Å². The Kier molecular flexibility index (Phi) is 2.29. The van der Waals surface area contributed by atoms with Crippen LogP contribution in [0.3, 0.4) is 0 Å². The first-order valence-electron chi connectivity index (χ1n) is 6.31. The van der Waals surface area contributed by atoms with Crippen LogP contribution in [0.1, 0.15) is 31.0 Å². The van der Waals surface area contributed by atoms with Crippen LogP contribution in [0.25, 0.3) is 11.0 Å². The molecule has 0 spiro atoms. The summed E-state index contributed by atoms with van der Waals surface area (Å²) in [6.45, 7) is 0. The summed E-state index contributed by atoms with van der Waals surface area (Å²) in [6.07, 6.45) is 3.65. The van der Waals surface area contributed by atoms with Crippen LogP contribution in [0.2, 0.25) is 0 Å². The summed E-state index contributed by atoms with van der Waals surface area (Å²) in [7, 11) is 0. The largest absolute Gasteiger partial charge is 0.342 e. The number of halogens is 2. The van der Waals surface area contributed by atoms with E-state index in [9.17, 15) is 4.39 Å². The summed E-state index contributed by atoms with van der Waals surface area (Å²) >= 11 is 3.20. The molecule has 0 radical (unpaired) electrons. The minimum absolute atomic E-state index is 0.247. The van der Waals surface area contributed by atoms with Gasteiger partial charge < -0.3 is 10.3 Å². The number of imidazole rings is 1. The molecule has 4 rings (SSSR count). The van der Waals surface area contributed by atoms with Gasteiger partial charge in [0.1, 0.15) is 11.6 Å². The van der Waals surface area contributed by atoms with E-state index in [-0.39, 0.29) is 5.82 Å². The third kappa shape index (κ3) is 1.53. The summed E-state index contributed by atoms with van der Waals surface area (Å²) in [5.41, 5.74) is 1.62. The molecular formula is C13H13BrFN3. The van der Waals surface area contributed by atoms with Crippen LogP contribution in [-0.2, 0) is 0 Å². The number of hydrogen-bond donors (Lipinski definition) is 2. The third-order valence-corrected chi connectivity index (χ3v) is 4.80. The molecule has 2 aliphatic rings. The fourth-order valence-electron chi connectivity index (χ4n) is 3.33. The standard InChI is InChI=1S/C13H13BrFN3/c14-8-4-11-12(5-9(8)15)18-13(17-11)7-3-6-1-2-10(7)16-6/h4-7,10,16H,1-3H2,(H,17,18). The van der Waals surface area contributed by atoms with Crippen molar-refractivity contribution >= 4 is 27.0 Å². The summed E-state index contributed by atoms with van der Waals surface area (Å²) in [6, 6.07) is 4.45. The monoisotopic (exact) mass is 309 g/mol. The van der Waals surface area contributed by atoms with Gasteiger partial charge in [0.2, 0.25) is 0 Å². The lowest BCUT2D eigenvalue weighted by atomic mass is 9.89. The topological polar surface area (TPSA) is 40.7 Å². The number of fused-ring (bicyclic) bond motifs is 3. The van der Waals surface area contributed by atoms with E-state index in [1.807, 2.05) is 0 Å². The lowest BCUT2D eigenvalue weighted by Gasteiger charge is -2.17. The summed E-state index contributed by atoms with van der Waals surface area (Å²) in [5, 5.41) is 3.60. The third-order valence-electron chi connectivity index (χ3n) is 4.19. The highest BCUT2D eigenvalue weighted by Gasteiger charge is 2.41. The predicted molar refractivity (Wildman–Crippen MR) is 71.1 cm³/mol. The van der Waals surface area contributed by atoms with Crippen LogP contribution in [-0.4, -0.2) is 22.1 Å². The second-order valence-corrected chi connectivity index (χ2v) is 6.15. The zero-order valence-corrected chi connectivity index (χ0v) is 11.3. The Morgan fingerprint density at radius 3 is 2.94 bits per heavy atom. The zero-order valence-electron chi connectivity index (χ0n) is 9.71. The minimum Gasteiger partial charge on any atom is -0.342 e. The molecule has 0 saturated carbocycles. The lowest BCUT2D eigenvalue weighted by Crippen LogP contribution is -2.22. The highest BCUT2D eigenvalue weighted by molar-refractivity contribution is 9.10. The van der Waals surface area contributed by atoms with Crippen molar-refractivity contribution < 1.29 is 4.39 Å². The van der Waals surface area contributed by atoms with Crippen molar-refractivity contribution in [1.29, 1.82) is 0 Å². The van der Waals surface area contributed by atoms with Crippen molar-refractivity contribution in [1.82, 2.24) is 15.3 Å². The maximum Gasteiger partial charge on any atom is 0.139 e. The molecule has 2 bridgehead atoms. The minimum atomic E-state index is -0.247. The highest BCUT2D eigenvalue weighted by atomic mass is 79.9. The molecule has 3 unspecified atom stereocenters. The van der Waals surface area contributed by atoms with Gasteiger partial charge in [0.05, 0.1) is 15.5 Å². The van der Waals surface area contributed by atoms with E-state index < -0.39 is 0 Å². The predicted octanol–water partition coefficient (Wildman–Crippen LogP) is 3.07. The Bertz CT molecular complexity index is 585. The lowest BCUT2D eigenvalue weighted by molar-refractivity contribution is 0.491. The molecule has 5 heteroatoms. The number of benzene rings is 1. The molecule has 1 aromatic heterocycles. The van der Waals surface area contributed by atoms with E-state index in [1.54, 1.807) is 6.07 Å². The van der Waals surface area contributed by atoms with E-state index in [0.717, 1.165) is 23.3 Å². The molecule has 0 aliphatic carbocycles. The second kappa shape index (κ2) is 3.78. The second-order valence-electron chi connectivity index (χ2n) is 5.30. The summed E-state index contributed by atoms with van der Waals surface area (Å²) in [5.74, 6) is 1.21. The van der Waals surface area contributed by atoms with Gasteiger partial charge in [0.25, 0.3) is 0 Å². The van der Waals surface area contributed by atoms with Gasteiger partial charge in [0, 0.05) is 24.1 Å². The Morgan fingerprint density at radius 2 is 2.22 bits per heavy atom. The Balaban J connectivity index is 1.77. The summed E-state index contributed by atoms with van der Waals surface area (Å²) in [4.78, 5) is 7.90. The van der Waals surface area contributed by atoms with Crippen molar-refractivity contribution in [3.05, 3.63) is 28.2 Å². The fraction of sp³-hybridized carbons (Fsp3) is 0.462. The zero-order chi connectivity index (χ0) is 12.3. The molecule has 1 aromatic carbocycles. The van der Waals surface area contributed by atoms with E-state index in [2.05, 4.69) is 31.2 Å². The molecule has 18 heavy (non-hydrogen) atoms. The van der Waals surface area contributed by atoms with Crippen molar-refractivity contribution in [2.24, 2.45) is 0 Å². The van der Waals surface area contributed by atoms with E-state index in [4.69, 9.17) is 0 Å². The molecule has 3 heterocycles. The number of rotatable bonds is 1. The molecule has 0 amide bonds. The van der Waals surface area contributed by atoms with Crippen LogP contribution in [0, 0.1) is 5.82 Å². The van der Waals surface area contributed by atoms with Gasteiger partial charge in [-0.3, -0.25) is 0 Å². The van der Waals surface area contributed by atoms with E-state index in [0.29, 0.717) is 22.5 Å². The van der Waals surface area contributed by atoms with Gasteiger partial charge in [-0.05, 0) is 41.3 Å². The van der Waals surface area contributed by atoms with Crippen molar-refractivity contribution in [2.75, 3.05) is 0 Å². The average molecular weight is 310 g/mol. The molecule has 2 fully saturated rings. The molecule has 2 aromatic rings. The Morgan fingerprint density at radius 1 is 1.33 bits per heavy atom. The van der Waals surface area contributed by atoms with Gasteiger partial charge in [-0.1, -0.05) is 0 Å². The molecule has 3 atom stereocenters. The number of hydrogen-bond acceptors (Lipinski definition) is 2. The normalized spacial score (nSPS) is 30.4. The van der Waals surface area contributed by atoms with Crippen LogP contribution >= 0.6 is 15.9 Å². The molecule has 94 valence electrons. The van der Waals surface area contributed by atoms with Crippen LogP contribution < -0.4 is 5.32 Å².